The first-order valence-electron chi connectivity index (χ1n) is 6.15. The molecule has 2 aromatic heterocycles. The first-order valence-corrected chi connectivity index (χ1v) is 6.15. The number of imidazole rings is 1. The van der Waals surface area contributed by atoms with Crippen molar-refractivity contribution in [2.24, 2.45) is 7.05 Å². The summed E-state index contributed by atoms with van der Waals surface area (Å²) in [5, 5.41) is 3.32. The van der Waals surface area contributed by atoms with Gasteiger partial charge in [-0.25, -0.2) is 4.98 Å². The molecule has 5 heteroatoms. The fourth-order valence-electron chi connectivity index (χ4n) is 2.04. The third kappa shape index (κ3) is 2.16. The van der Waals surface area contributed by atoms with Crippen LogP contribution in [-0.4, -0.2) is 14.1 Å². The molecule has 0 saturated heterocycles. The van der Waals surface area contributed by atoms with Gasteiger partial charge < -0.3 is 14.5 Å². The van der Waals surface area contributed by atoms with E-state index in [9.17, 15) is 4.79 Å². The number of aromatic nitrogens is 3. The molecule has 0 radical (unpaired) electrons. The molecule has 1 aliphatic carbocycles. The van der Waals surface area contributed by atoms with Crippen LogP contribution in [-0.2, 0) is 13.6 Å². The Kier molecular flexibility index (Phi) is 2.66. The molecule has 1 fully saturated rings. The second-order valence-corrected chi connectivity index (χ2v) is 4.74. The molecule has 94 valence electrons. The first kappa shape index (κ1) is 11.1. The molecule has 0 bridgehead atoms. The fourth-order valence-corrected chi connectivity index (χ4v) is 2.04. The van der Waals surface area contributed by atoms with Gasteiger partial charge in [0.2, 0.25) is 5.56 Å². The zero-order chi connectivity index (χ0) is 12.5. The Hall–Kier alpha value is -2.04. The summed E-state index contributed by atoms with van der Waals surface area (Å²) in [6.07, 6.45) is 8.11. The van der Waals surface area contributed by atoms with Crippen molar-refractivity contribution in [2.45, 2.75) is 25.4 Å². The number of hydrogen-bond donors (Lipinski definition) is 1. The maximum absolute atomic E-state index is 11.3. The molecule has 0 spiro atoms. The Morgan fingerprint density at radius 3 is 3.00 bits per heavy atom. The van der Waals surface area contributed by atoms with Gasteiger partial charge in [-0.05, 0) is 18.9 Å². The van der Waals surface area contributed by atoms with Crippen molar-refractivity contribution in [2.75, 3.05) is 5.32 Å². The maximum Gasteiger partial charge on any atom is 0.250 e. The molecular formula is C13H16N4O. The molecule has 0 aliphatic heterocycles. The van der Waals surface area contributed by atoms with E-state index in [4.69, 9.17) is 0 Å². The molecule has 1 N–H and O–H groups in total. The number of anilines is 1. The van der Waals surface area contributed by atoms with Crippen LogP contribution in [0.4, 0.5) is 5.69 Å². The van der Waals surface area contributed by atoms with Gasteiger partial charge in [0, 0.05) is 31.5 Å². The molecule has 3 rings (SSSR count). The Morgan fingerprint density at radius 1 is 1.44 bits per heavy atom. The predicted octanol–water partition coefficient (Wildman–Crippen LogP) is 1.53. The lowest BCUT2D eigenvalue weighted by atomic mass is 10.3. The Bertz CT molecular complexity index is 609. The van der Waals surface area contributed by atoms with Gasteiger partial charge in [0.1, 0.15) is 0 Å². The molecule has 1 saturated carbocycles. The molecule has 2 heterocycles. The van der Waals surface area contributed by atoms with Crippen LogP contribution in [0.2, 0.25) is 0 Å². The van der Waals surface area contributed by atoms with E-state index >= 15 is 0 Å². The number of nitrogens with one attached hydrogen (secondary N) is 1. The normalized spacial score (nSPS) is 14.7. The van der Waals surface area contributed by atoms with Gasteiger partial charge in [-0.1, -0.05) is 0 Å². The summed E-state index contributed by atoms with van der Waals surface area (Å²) in [6.45, 7) is 0.731. The van der Waals surface area contributed by atoms with E-state index in [0.29, 0.717) is 6.04 Å². The molecule has 0 amide bonds. The van der Waals surface area contributed by atoms with Gasteiger partial charge in [0.25, 0.3) is 0 Å². The van der Waals surface area contributed by atoms with Crippen LogP contribution in [0.25, 0.3) is 0 Å². The smallest absolute Gasteiger partial charge is 0.250 e. The van der Waals surface area contributed by atoms with Gasteiger partial charge in [-0.3, -0.25) is 4.79 Å². The molecule has 1 aliphatic rings. The molecule has 5 nitrogen and oxygen atoms in total. The minimum absolute atomic E-state index is 0.00331. The summed E-state index contributed by atoms with van der Waals surface area (Å²) in [6, 6.07) is 4.02. The second kappa shape index (κ2) is 4.33. The van der Waals surface area contributed by atoms with E-state index in [1.165, 1.54) is 18.5 Å². The highest BCUT2D eigenvalue weighted by atomic mass is 16.1. The quantitative estimate of drug-likeness (QED) is 0.887. The zero-order valence-corrected chi connectivity index (χ0v) is 10.3. The number of pyridine rings is 1. The summed E-state index contributed by atoms with van der Waals surface area (Å²) < 4.78 is 3.80. The van der Waals surface area contributed by atoms with Crippen molar-refractivity contribution in [1.29, 1.82) is 0 Å². The average molecular weight is 244 g/mol. The summed E-state index contributed by atoms with van der Waals surface area (Å²) in [5.74, 6) is 0. The van der Waals surface area contributed by atoms with Crippen LogP contribution < -0.4 is 10.9 Å². The number of hydrogen-bond acceptors (Lipinski definition) is 3. The monoisotopic (exact) mass is 244 g/mol. The van der Waals surface area contributed by atoms with Crippen LogP contribution in [0.15, 0.2) is 35.6 Å². The van der Waals surface area contributed by atoms with Crippen molar-refractivity contribution in [1.82, 2.24) is 14.1 Å². The van der Waals surface area contributed by atoms with Crippen LogP contribution in [0.1, 0.15) is 24.6 Å². The van der Waals surface area contributed by atoms with Crippen LogP contribution in [0, 0.1) is 0 Å². The van der Waals surface area contributed by atoms with E-state index in [-0.39, 0.29) is 5.56 Å². The second-order valence-electron chi connectivity index (χ2n) is 4.74. The summed E-state index contributed by atoms with van der Waals surface area (Å²) in [5.41, 5.74) is 2.13. The topological polar surface area (TPSA) is 51.9 Å². The van der Waals surface area contributed by atoms with Crippen molar-refractivity contribution in [3.63, 3.8) is 0 Å². The lowest BCUT2D eigenvalue weighted by Crippen LogP contribution is -2.15. The van der Waals surface area contributed by atoms with E-state index in [1.54, 1.807) is 29.9 Å². The molecule has 0 aromatic carbocycles. The molecular weight excluding hydrogens is 228 g/mol. The van der Waals surface area contributed by atoms with E-state index in [2.05, 4.69) is 14.9 Å². The third-order valence-corrected chi connectivity index (χ3v) is 3.25. The van der Waals surface area contributed by atoms with Crippen LogP contribution in [0.3, 0.4) is 0 Å². The van der Waals surface area contributed by atoms with Crippen molar-refractivity contribution in [3.8, 4) is 0 Å². The maximum atomic E-state index is 11.3. The zero-order valence-electron chi connectivity index (χ0n) is 10.3. The molecule has 18 heavy (non-hydrogen) atoms. The highest BCUT2D eigenvalue weighted by Crippen LogP contribution is 2.35. The lowest BCUT2D eigenvalue weighted by Gasteiger charge is -2.09. The molecule has 2 aromatic rings. The van der Waals surface area contributed by atoms with Gasteiger partial charge in [-0.2, -0.15) is 0 Å². The van der Waals surface area contributed by atoms with E-state index in [0.717, 1.165) is 12.2 Å². The van der Waals surface area contributed by atoms with Crippen molar-refractivity contribution in [3.05, 3.63) is 46.9 Å². The van der Waals surface area contributed by atoms with Crippen molar-refractivity contribution >= 4 is 5.69 Å². The minimum Gasteiger partial charge on any atom is -0.378 e. The molecule has 0 atom stereocenters. The standard InChI is InChI=1S/C13H16N4O/c1-16-8-10(2-5-13(16)18)15-7-12-6-14-9-17(12)11-3-4-11/h2,5-6,8-9,11,15H,3-4,7H2,1H3. The average Bonchev–Trinajstić information content (AvgIpc) is 3.10. The van der Waals surface area contributed by atoms with Crippen LogP contribution in [0.5, 0.6) is 0 Å². The first-order chi connectivity index (χ1) is 8.74. The predicted molar refractivity (Wildman–Crippen MR) is 69.5 cm³/mol. The largest absolute Gasteiger partial charge is 0.378 e. The Morgan fingerprint density at radius 2 is 2.28 bits per heavy atom. The Balaban J connectivity index is 1.71. The summed E-state index contributed by atoms with van der Waals surface area (Å²) in [7, 11) is 1.75. The fraction of sp³-hybridized carbons (Fsp3) is 0.385. The third-order valence-electron chi connectivity index (χ3n) is 3.25. The van der Waals surface area contributed by atoms with Gasteiger partial charge in [0.05, 0.1) is 24.3 Å². The molecule has 0 unspecified atom stereocenters. The van der Waals surface area contributed by atoms with E-state index in [1.807, 2.05) is 12.5 Å². The summed E-state index contributed by atoms with van der Waals surface area (Å²) >= 11 is 0. The number of aryl methyl sites for hydroxylation is 1. The lowest BCUT2D eigenvalue weighted by molar-refractivity contribution is 0.700. The van der Waals surface area contributed by atoms with Gasteiger partial charge in [0.15, 0.2) is 0 Å². The number of rotatable bonds is 4. The highest BCUT2D eigenvalue weighted by molar-refractivity contribution is 5.40. The number of nitrogens with zero attached hydrogens (tertiary/aromatic N) is 3. The van der Waals surface area contributed by atoms with Gasteiger partial charge >= 0.3 is 0 Å². The Labute approximate surface area is 105 Å². The van der Waals surface area contributed by atoms with Gasteiger partial charge in [-0.15, -0.1) is 0 Å². The van der Waals surface area contributed by atoms with E-state index < -0.39 is 0 Å². The minimum atomic E-state index is 0.00331. The SMILES string of the molecule is Cn1cc(NCc2cncn2C2CC2)ccc1=O. The summed E-state index contributed by atoms with van der Waals surface area (Å²) in [4.78, 5) is 15.5. The van der Waals surface area contributed by atoms with Crippen LogP contribution >= 0.6 is 0 Å². The van der Waals surface area contributed by atoms with Crippen molar-refractivity contribution < 1.29 is 0 Å². The highest BCUT2D eigenvalue weighted by Gasteiger charge is 2.24.